The second-order valence-electron chi connectivity index (χ2n) is 4.15. The van der Waals surface area contributed by atoms with Crippen LogP contribution in [0.15, 0.2) is 24.3 Å². The molecule has 6 heteroatoms. The first-order valence-electron chi connectivity index (χ1n) is 6.13. The monoisotopic (exact) mass is 328 g/mol. The topological polar surface area (TPSA) is 24.1 Å². The van der Waals surface area contributed by atoms with Crippen molar-refractivity contribution in [3.8, 4) is 0 Å². The molecule has 2 N–H and O–H groups in total. The molecule has 0 amide bonds. The van der Waals surface area contributed by atoms with Gasteiger partial charge in [0.2, 0.25) is 0 Å². The van der Waals surface area contributed by atoms with E-state index in [1.165, 1.54) is 11.1 Å². The highest BCUT2D eigenvalue weighted by Gasteiger charge is 2.03. The summed E-state index contributed by atoms with van der Waals surface area (Å²) in [6, 6.07) is 8.49. The minimum atomic E-state index is 0.791. The van der Waals surface area contributed by atoms with Gasteiger partial charge in [-0.15, -0.1) is 0 Å². The van der Waals surface area contributed by atoms with Crippen molar-refractivity contribution in [3.63, 3.8) is 0 Å². The number of nitrogens with one attached hydrogen (secondary N) is 2. The van der Waals surface area contributed by atoms with Gasteiger partial charge in [-0.25, -0.2) is 0 Å². The summed E-state index contributed by atoms with van der Waals surface area (Å²) in [5, 5.41) is 6.59. The summed E-state index contributed by atoms with van der Waals surface area (Å²) in [4.78, 5) is 0. The van der Waals surface area contributed by atoms with Gasteiger partial charge < -0.3 is 10.6 Å². The molecule has 19 heavy (non-hydrogen) atoms. The van der Waals surface area contributed by atoms with Gasteiger partial charge in [0.25, 0.3) is 0 Å². The van der Waals surface area contributed by atoms with E-state index in [1.807, 2.05) is 0 Å². The van der Waals surface area contributed by atoms with Gasteiger partial charge in [-0.3, -0.25) is 0 Å². The van der Waals surface area contributed by atoms with Crippen LogP contribution in [-0.2, 0) is 13.1 Å². The second-order valence-corrected chi connectivity index (χ2v) is 7.70. The van der Waals surface area contributed by atoms with E-state index < -0.39 is 0 Å². The predicted octanol–water partition coefficient (Wildman–Crippen LogP) is 3.31. The maximum atomic E-state index is 5.31. The van der Waals surface area contributed by atoms with E-state index in [1.54, 1.807) is 23.5 Å². The number of thioether (sulfide) groups is 2. The summed E-state index contributed by atoms with van der Waals surface area (Å²) in [6.07, 6.45) is 1.12. The van der Waals surface area contributed by atoms with Crippen LogP contribution < -0.4 is 10.6 Å². The molecular formula is C13H16N2S4. The number of benzene rings is 1. The fourth-order valence-electron chi connectivity index (χ4n) is 1.69. The van der Waals surface area contributed by atoms with Gasteiger partial charge in [0.05, 0.1) is 0 Å². The molecule has 0 unspecified atom stereocenters. The Labute approximate surface area is 133 Å². The highest BCUT2D eigenvalue weighted by molar-refractivity contribution is 8.23. The van der Waals surface area contributed by atoms with Crippen LogP contribution in [0.25, 0.3) is 0 Å². The first-order valence-corrected chi connectivity index (χ1v) is 8.92. The van der Waals surface area contributed by atoms with Gasteiger partial charge in [0, 0.05) is 24.6 Å². The largest absolute Gasteiger partial charge is 0.367 e. The van der Waals surface area contributed by atoms with Crippen molar-refractivity contribution < 1.29 is 0 Å². The Morgan fingerprint density at radius 2 is 1.42 bits per heavy atom. The van der Waals surface area contributed by atoms with Crippen molar-refractivity contribution >= 4 is 56.6 Å². The molecule has 0 saturated heterocycles. The molecule has 0 spiro atoms. The van der Waals surface area contributed by atoms with Crippen molar-refractivity contribution in [1.29, 1.82) is 0 Å². The molecule has 0 saturated carbocycles. The minimum absolute atomic E-state index is 0.791. The van der Waals surface area contributed by atoms with Crippen LogP contribution in [0.2, 0.25) is 0 Å². The lowest BCUT2D eigenvalue weighted by Crippen LogP contribution is -2.20. The van der Waals surface area contributed by atoms with E-state index in [9.17, 15) is 0 Å². The molecule has 102 valence electrons. The van der Waals surface area contributed by atoms with Crippen molar-refractivity contribution in [2.75, 3.05) is 11.5 Å². The summed E-state index contributed by atoms with van der Waals surface area (Å²) in [5.74, 6) is 2.09. The zero-order valence-electron chi connectivity index (χ0n) is 10.5. The van der Waals surface area contributed by atoms with E-state index in [0.29, 0.717) is 0 Å². The number of hydrogen-bond donors (Lipinski definition) is 2. The summed E-state index contributed by atoms with van der Waals surface area (Å²) < 4.78 is 1.77. The summed E-state index contributed by atoms with van der Waals surface area (Å²) >= 11 is 14.0. The molecule has 0 aromatic heterocycles. The highest BCUT2D eigenvalue weighted by Crippen LogP contribution is 2.13. The number of rotatable bonds is 0. The average molecular weight is 329 g/mol. The zero-order chi connectivity index (χ0) is 13.5. The fraction of sp³-hybridized carbons (Fsp3) is 0.385. The van der Waals surface area contributed by atoms with Gasteiger partial charge >= 0.3 is 0 Å². The number of hydrogen-bond acceptors (Lipinski definition) is 4. The molecule has 1 heterocycles. The highest BCUT2D eigenvalue weighted by atomic mass is 32.2. The molecule has 0 atom stereocenters. The van der Waals surface area contributed by atoms with Crippen LogP contribution in [0.4, 0.5) is 0 Å². The molecule has 2 nitrogen and oxygen atoms in total. The molecular weight excluding hydrogens is 312 g/mol. The van der Waals surface area contributed by atoms with Crippen LogP contribution in [0.1, 0.15) is 17.5 Å². The van der Waals surface area contributed by atoms with Crippen molar-refractivity contribution in [1.82, 2.24) is 10.6 Å². The molecule has 0 radical (unpaired) electrons. The first kappa shape index (κ1) is 15.1. The SMILES string of the molecule is S=C1NCc2cccc(c2)CNC(=S)SCCCS1. The van der Waals surface area contributed by atoms with Crippen LogP contribution in [-0.4, -0.2) is 20.1 Å². The van der Waals surface area contributed by atoms with Gasteiger partial charge in [0.1, 0.15) is 8.64 Å². The van der Waals surface area contributed by atoms with Crippen molar-refractivity contribution in [2.45, 2.75) is 19.5 Å². The van der Waals surface area contributed by atoms with Gasteiger partial charge in [-0.05, 0) is 17.5 Å². The minimum Gasteiger partial charge on any atom is -0.367 e. The zero-order valence-corrected chi connectivity index (χ0v) is 13.7. The summed E-state index contributed by atoms with van der Waals surface area (Å²) in [6.45, 7) is 1.58. The first-order chi connectivity index (χ1) is 9.24. The van der Waals surface area contributed by atoms with E-state index in [0.717, 1.165) is 39.7 Å². The maximum absolute atomic E-state index is 5.31. The van der Waals surface area contributed by atoms with Crippen molar-refractivity contribution in [2.24, 2.45) is 0 Å². The Morgan fingerprint density at radius 3 is 1.95 bits per heavy atom. The van der Waals surface area contributed by atoms with Gasteiger partial charge in [-0.2, -0.15) is 0 Å². The lowest BCUT2D eigenvalue weighted by atomic mass is 10.1. The van der Waals surface area contributed by atoms with Crippen LogP contribution in [0.5, 0.6) is 0 Å². The van der Waals surface area contributed by atoms with Crippen molar-refractivity contribution in [3.05, 3.63) is 35.4 Å². The lowest BCUT2D eigenvalue weighted by molar-refractivity contribution is 0.907. The van der Waals surface area contributed by atoms with Crippen LogP contribution in [0, 0.1) is 0 Å². The van der Waals surface area contributed by atoms with E-state index in [4.69, 9.17) is 24.4 Å². The lowest BCUT2D eigenvalue weighted by Gasteiger charge is -2.12. The normalized spacial score (nSPS) is 18.1. The third-order valence-corrected chi connectivity index (χ3v) is 5.41. The third kappa shape index (κ3) is 5.69. The number of fused-ring (bicyclic) bond motifs is 2. The fourth-order valence-corrected chi connectivity index (χ4v) is 3.81. The van der Waals surface area contributed by atoms with Crippen LogP contribution >= 0.6 is 48.0 Å². The molecule has 1 aromatic carbocycles. The molecule has 2 bridgehead atoms. The average Bonchev–Trinajstić information content (AvgIpc) is 2.42. The summed E-state index contributed by atoms with van der Waals surface area (Å²) in [7, 11) is 0. The number of thiocarbonyl (C=S) groups is 2. The van der Waals surface area contributed by atoms with E-state index in [-0.39, 0.29) is 0 Å². The maximum Gasteiger partial charge on any atom is 0.134 e. The molecule has 1 aromatic rings. The Kier molecular flexibility index (Phi) is 6.43. The Hall–Kier alpha value is -0.300. The summed E-state index contributed by atoms with van der Waals surface area (Å²) in [5.41, 5.74) is 2.50. The standard InChI is InChI=1S/C13H16N2S4/c16-12-14-8-10-3-1-4-11(7-10)9-15-13(17)19-6-2-5-18-12/h1,3-4,7H,2,5-6,8-9H2,(H,14,16)(H,15,17). The Morgan fingerprint density at radius 1 is 0.895 bits per heavy atom. The molecule has 0 fully saturated rings. The Bertz CT molecular complexity index is 424. The quantitative estimate of drug-likeness (QED) is 0.709. The smallest absolute Gasteiger partial charge is 0.134 e. The molecule has 1 aliphatic heterocycles. The van der Waals surface area contributed by atoms with Gasteiger partial charge in [0.15, 0.2) is 0 Å². The van der Waals surface area contributed by atoms with Gasteiger partial charge in [-0.1, -0.05) is 72.2 Å². The molecule has 1 aliphatic rings. The Balaban J connectivity index is 2.04. The molecule has 2 rings (SSSR count). The van der Waals surface area contributed by atoms with Crippen LogP contribution in [0.3, 0.4) is 0 Å². The second kappa shape index (κ2) is 8.09. The van der Waals surface area contributed by atoms with E-state index >= 15 is 0 Å². The third-order valence-electron chi connectivity index (χ3n) is 2.62. The van der Waals surface area contributed by atoms with E-state index in [2.05, 4.69) is 34.9 Å². The molecule has 0 aliphatic carbocycles. The predicted molar refractivity (Wildman–Crippen MR) is 94.9 cm³/mol.